The first-order valence-electron chi connectivity index (χ1n) is 11.3. The van der Waals surface area contributed by atoms with E-state index in [-0.39, 0.29) is 40.8 Å². The summed E-state index contributed by atoms with van der Waals surface area (Å²) in [4.78, 5) is 14.7. The highest BCUT2D eigenvalue weighted by Gasteiger charge is 2.44. The maximum absolute atomic E-state index is 13.7. The Kier molecular flexibility index (Phi) is 6.66. The molecule has 2 aliphatic rings. The molecule has 0 saturated carbocycles. The summed E-state index contributed by atoms with van der Waals surface area (Å²) in [5, 5.41) is 3.46. The number of rotatable bonds is 4. The Morgan fingerprint density at radius 1 is 1.15 bits per heavy atom. The summed E-state index contributed by atoms with van der Waals surface area (Å²) in [7, 11) is 0. The molecular weight excluding hydrogens is 436 g/mol. The molecule has 2 heterocycles. The molecule has 2 saturated heterocycles. The minimum atomic E-state index is -4.81. The van der Waals surface area contributed by atoms with Gasteiger partial charge in [-0.05, 0) is 67.5 Å². The van der Waals surface area contributed by atoms with E-state index in [0.29, 0.717) is 13.1 Å². The number of alkyl halides is 3. The Bertz CT molecular complexity index is 1000. The molecule has 33 heavy (non-hydrogen) atoms. The summed E-state index contributed by atoms with van der Waals surface area (Å²) in [6.07, 6.45) is -2.36. The lowest BCUT2D eigenvalue weighted by molar-refractivity contribution is -0.274. The molecule has 2 aromatic carbocycles. The van der Waals surface area contributed by atoms with Gasteiger partial charge in [0, 0.05) is 31.1 Å². The van der Waals surface area contributed by atoms with Crippen LogP contribution in [0.25, 0.3) is 0 Å². The third kappa shape index (κ3) is 5.32. The number of nitrogens with zero attached hydrogens (tertiary/aromatic N) is 1. The van der Waals surface area contributed by atoms with Crippen LogP contribution in [0.1, 0.15) is 41.9 Å². The van der Waals surface area contributed by atoms with Crippen LogP contribution in [0, 0.1) is 18.2 Å². The first-order chi connectivity index (χ1) is 15.7. The molecule has 2 aromatic rings. The predicted octanol–water partition coefficient (Wildman–Crippen LogP) is 4.96. The zero-order valence-corrected chi connectivity index (χ0v) is 18.6. The Morgan fingerprint density at radius 2 is 1.88 bits per heavy atom. The molecule has 0 aromatic heterocycles. The molecule has 0 radical (unpaired) electrons. The molecular formula is C25H28F4N2O2. The number of ether oxygens (including phenoxy) is 1. The summed E-state index contributed by atoms with van der Waals surface area (Å²) in [6, 6.07) is 10.7. The number of nitrogens with one attached hydrogen (secondary N) is 1. The Labute approximate surface area is 190 Å². The van der Waals surface area contributed by atoms with Crippen LogP contribution < -0.4 is 10.1 Å². The molecule has 0 bridgehead atoms. The van der Waals surface area contributed by atoms with Crippen molar-refractivity contribution in [2.75, 3.05) is 26.2 Å². The number of piperidine rings is 2. The van der Waals surface area contributed by atoms with Crippen LogP contribution in [0.5, 0.6) is 5.75 Å². The van der Waals surface area contributed by atoms with Crippen LogP contribution in [0.4, 0.5) is 17.6 Å². The largest absolute Gasteiger partial charge is 0.573 e. The zero-order chi connectivity index (χ0) is 23.6. The minimum Gasteiger partial charge on any atom is -0.405 e. The Morgan fingerprint density at radius 3 is 2.58 bits per heavy atom. The van der Waals surface area contributed by atoms with E-state index in [1.165, 1.54) is 24.3 Å². The highest BCUT2D eigenvalue weighted by Crippen LogP contribution is 2.49. The molecule has 4 rings (SSSR count). The smallest absolute Gasteiger partial charge is 0.405 e. The van der Waals surface area contributed by atoms with Crippen molar-refractivity contribution in [2.24, 2.45) is 5.41 Å². The molecule has 1 spiro atoms. The summed E-state index contributed by atoms with van der Waals surface area (Å²) in [5.74, 6) is -0.558. The molecule has 1 amide bonds. The number of amides is 1. The molecule has 2 fully saturated rings. The van der Waals surface area contributed by atoms with Gasteiger partial charge in [0.05, 0.1) is 6.42 Å². The number of hydrogen-bond acceptors (Lipinski definition) is 3. The monoisotopic (exact) mass is 464 g/mol. The van der Waals surface area contributed by atoms with E-state index in [4.69, 9.17) is 0 Å². The number of carbonyl (C=O) groups excluding carboxylic acids is 1. The van der Waals surface area contributed by atoms with E-state index in [0.717, 1.165) is 43.5 Å². The van der Waals surface area contributed by atoms with Crippen LogP contribution in [-0.2, 0) is 11.2 Å². The molecule has 8 heteroatoms. The van der Waals surface area contributed by atoms with Crippen molar-refractivity contribution in [2.45, 2.75) is 44.9 Å². The van der Waals surface area contributed by atoms with Crippen molar-refractivity contribution in [3.63, 3.8) is 0 Å². The predicted molar refractivity (Wildman–Crippen MR) is 116 cm³/mol. The normalized spacial score (nSPS) is 20.6. The summed E-state index contributed by atoms with van der Waals surface area (Å²) < 4.78 is 55.8. The average molecular weight is 465 g/mol. The molecule has 1 N–H and O–H groups in total. The van der Waals surface area contributed by atoms with Gasteiger partial charge in [0.15, 0.2) is 0 Å². The average Bonchev–Trinajstić information content (AvgIpc) is 2.75. The van der Waals surface area contributed by atoms with Crippen LogP contribution >= 0.6 is 0 Å². The second-order valence-electron chi connectivity index (χ2n) is 9.08. The first-order valence-corrected chi connectivity index (χ1v) is 11.3. The third-order valence-electron chi connectivity index (χ3n) is 7.15. The lowest BCUT2D eigenvalue weighted by atomic mass is 9.62. The summed E-state index contributed by atoms with van der Waals surface area (Å²) >= 11 is 0. The highest BCUT2D eigenvalue weighted by molar-refractivity contribution is 5.79. The van der Waals surface area contributed by atoms with Crippen molar-refractivity contribution in [1.82, 2.24) is 10.2 Å². The van der Waals surface area contributed by atoms with Gasteiger partial charge in [0.25, 0.3) is 0 Å². The summed E-state index contributed by atoms with van der Waals surface area (Å²) in [6.45, 7) is 4.74. The van der Waals surface area contributed by atoms with Crippen molar-refractivity contribution < 1.29 is 27.1 Å². The highest BCUT2D eigenvalue weighted by atomic mass is 19.4. The molecule has 4 nitrogen and oxygen atoms in total. The Balaban J connectivity index is 1.45. The fraction of sp³-hybridized carbons (Fsp3) is 0.480. The standard InChI is InChI=1S/C25H28F4N2O2/c1-17-14-19(26)6-7-20(17)21-16-30-11-8-24(21)9-12-31(13-10-24)23(32)15-18-4-2-3-5-22(18)33-25(27,28)29/h2-7,14,21,30H,8-13,15-16H2,1H3. The number of para-hydroxylation sites is 1. The van der Waals surface area contributed by atoms with Gasteiger partial charge in [-0.2, -0.15) is 0 Å². The number of hydrogen-bond donors (Lipinski definition) is 1. The third-order valence-corrected chi connectivity index (χ3v) is 7.15. The van der Waals surface area contributed by atoms with Gasteiger partial charge in [-0.1, -0.05) is 24.3 Å². The van der Waals surface area contributed by atoms with Gasteiger partial charge in [0.2, 0.25) is 5.91 Å². The van der Waals surface area contributed by atoms with Crippen LogP contribution in [-0.4, -0.2) is 43.3 Å². The molecule has 178 valence electrons. The maximum Gasteiger partial charge on any atom is 0.573 e. The van der Waals surface area contributed by atoms with Crippen LogP contribution in [0.2, 0.25) is 0 Å². The SMILES string of the molecule is Cc1cc(F)ccc1C1CNCCC12CCN(C(=O)Cc1ccccc1OC(F)(F)F)CC2. The lowest BCUT2D eigenvalue weighted by Crippen LogP contribution is -2.51. The molecule has 2 aliphatic heterocycles. The lowest BCUT2D eigenvalue weighted by Gasteiger charge is -2.50. The quantitative estimate of drug-likeness (QED) is 0.651. The van der Waals surface area contributed by atoms with Gasteiger partial charge in [-0.3, -0.25) is 4.79 Å². The topological polar surface area (TPSA) is 41.6 Å². The first kappa shape index (κ1) is 23.5. The number of aryl methyl sites for hydroxylation is 1. The number of benzene rings is 2. The zero-order valence-electron chi connectivity index (χ0n) is 18.6. The Hall–Kier alpha value is -2.61. The molecule has 1 unspecified atom stereocenters. The van der Waals surface area contributed by atoms with E-state index in [1.54, 1.807) is 17.0 Å². The van der Waals surface area contributed by atoms with E-state index >= 15 is 0 Å². The van der Waals surface area contributed by atoms with Gasteiger partial charge in [-0.15, -0.1) is 13.2 Å². The van der Waals surface area contributed by atoms with Gasteiger partial charge in [0.1, 0.15) is 11.6 Å². The number of carbonyl (C=O) groups is 1. The second kappa shape index (κ2) is 9.33. The van der Waals surface area contributed by atoms with E-state index in [9.17, 15) is 22.4 Å². The fourth-order valence-corrected chi connectivity index (χ4v) is 5.39. The van der Waals surface area contributed by atoms with Crippen molar-refractivity contribution in [1.29, 1.82) is 0 Å². The second-order valence-corrected chi connectivity index (χ2v) is 9.08. The van der Waals surface area contributed by atoms with Crippen molar-refractivity contribution >= 4 is 5.91 Å². The van der Waals surface area contributed by atoms with Crippen LogP contribution in [0.3, 0.4) is 0 Å². The minimum absolute atomic E-state index is 0.0158. The van der Waals surface area contributed by atoms with Gasteiger partial charge >= 0.3 is 6.36 Å². The maximum atomic E-state index is 13.7. The van der Waals surface area contributed by atoms with Crippen LogP contribution in [0.15, 0.2) is 42.5 Å². The van der Waals surface area contributed by atoms with Crippen molar-refractivity contribution in [3.8, 4) is 5.75 Å². The van der Waals surface area contributed by atoms with E-state index in [1.807, 2.05) is 13.0 Å². The van der Waals surface area contributed by atoms with Gasteiger partial charge < -0.3 is 15.0 Å². The number of likely N-dealkylation sites (tertiary alicyclic amines) is 1. The van der Waals surface area contributed by atoms with E-state index in [2.05, 4.69) is 10.1 Å². The van der Waals surface area contributed by atoms with Crippen molar-refractivity contribution in [3.05, 3.63) is 65.0 Å². The number of halogens is 4. The summed E-state index contributed by atoms with van der Waals surface area (Å²) in [5.41, 5.74) is 2.31. The fourth-order valence-electron chi connectivity index (χ4n) is 5.39. The van der Waals surface area contributed by atoms with E-state index < -0.39 is 6.36 Å². The van der Waals surface area contributed by atoms with Gasteiger partial charge in [-0.25, -0.2) is 4.39 Å². The molecule has 0 aliphatic carbocycles. The molecule has 1 atom stereocenters.